The molecule has 1 fully saturated rings. The Hall–Kier alpha value is -0.620. The van der Waals surface area contributed by atoms with Crippen molar-refractivity contribution in [1.82, 2.24) is 9.62 Å². The fourth-order valence-electron chi connectivity index (χ4n) is 2.34. The summed E-state index contributed by atoms with van der Waals surface area (Å²) in [6.45, 7) is 4.05. The fourth-order valence-corrected chi connectivity index (χ4v) is 3.42. The largest absolute Gasteiger partial charge is 0.313 e. The molecular formula is C13H21ClN2O2S. The molecule has 0 bridgehead atoms. The molecule has 1 atom stereocenters. The second kappa shape index (κ2) is 6.70. The van der Waals surface area contributed by atoms with Gasteiger partial charge < -0.3 is 5.32 Å². The van der Waals surface area contributed by atoms with Crippen LogP contribution in [0.1, 0.15) is 24.1 Å². The van der Waals surface area contributed by atoms with E-state index in [2.05, 4.69) is 24.4 Å². The summed E-state index contributed by atoms with van der Waals surface area (Å²) in [4.78, 5) is 0. The van der Waals surface area contributed by atoms with Crippen LogP contribution < -0.4 is 5.32 Å². The van der Waals surface area contributed by atoms with Crippen LogP contribution in [0.4, 0.5) is 0 Å². The van der Waals surface area contributed by atoms with E-state index in [-0.39, 0.29) is 18.4 Å². The average Bonchev–Trinajstić information content (AvgIpc) is 2.38. The van der Waals surface area contributed by atoms with Gasteiger partial charge in [0, 0.05) is 19.6 Å². The molecule has 1 aromatic rings. The highest BCUT2D eigenvalue weighted by atomic mass is 35.5. The number of nitrogens with one attached hydrogen (secondary N) is 1. The van der Waals surface area contributed by atoms with E-state index < -0.39 is 10.0 Å². The van der Waals surface area contributed by atoms with Crippen LogP contribution in [-0.2, 0) is 16.4 Å². The van der Waals surface area contributed by atoms with E-state index in [1.165, 1.54) is 11.8 Å². The van der Waals surface area contributed by atoms with E-state index in [0.717, 1.165) is 18.5 Å². The van der Waals surface area contributed by atoms with Crippen molar-refractivity contribution in [1.29, 1.82) is 0 Å². The highest BCUT2D eigenvalue weighted by Crippen LogP contribution is 2.24. The summed E-state index contributed by atoms with van der Waals surface area (Å²) in [6.07, 6.45) is 2.28. The minimum absolute atomic E-state index is 0. The monoisotopic (exact) mass is 304 g/mol. The van der Waals surface area contributed by atoms with Gasteiger partial charge in [-0.25, -0.2) is 8.42 Å². The molecule has 0 saturated carbocycles. The SMILES string of the molecule is CCc1ccc(C2CNCCN2S(C)(=O)=O)cc1.Cl. The Labute approximate surface area is 121 Å². The van der Waals surface area contributed by atoms with Crippen molar-refractivity contribution in [3.8, 4) is 0 Å². The normalized spacial score (nSPS) is 20.8. The lowest BCUT2D eigenvalue weighted by atomic mass is 10.0. The average molecular weight is 305 g/mol. The molecule has 6 heteroatoms. The predicted octanol–water partition coefficient (Wildman–Crippen LogP) is 1.58. The van der Waals surface area contributed by atoms with Gasteiger partial charge in [-0.1, -0.05) is 31.2 Å². The number of piperazine rings is 1. The molecule has 2 rings (SSSR count). The van der Waals surface area contributed by atoms with Crippen LogP contribution in [0.5, 0.6) is 0 Å². The van der Waals surface area contributed by atoms with Crippen LogP contribution in [0.25, 0.3) is 0 Å². The van der Waals surface area contributed by atoms with Crippen LogP contribution in [0.15, 0.2) is 24.3 Å². The molecule has 0 radical (unpaired) electrons. The van der Waals surface area contributed by atoms with Crippen molar-refractivity contribution in [2.75, 3.05) is 25.9 Å². The van der Waals surface area contributed by atoms with Crippen molar-refractivity contribution >= 4 is 22.4 Å². The molecule has 1 aliphatic heterocycles. The van der Waals surface area contributed by atoms with Crippen molar-refractivity contribution < 1.29 is 8.42 Å². The van der Waals surface area contributed by atoms with Crippen LogP contribution in [0, 0.1) is 0 Å². The molecule has 1 aliphatic rings. The third-order valence-electron chi connectivity index (χ3n) is 3.39. The Kier molecular flexibility index (Phi) is 5.80. The third kappa shape index (κ3) is 3.92. The minimum Gasteiger partial charge on any atom is -0.313 e. The van der Waals surface area contributed by atoms with Gasteiger partial charge in [-0.2, -0.15) is 4.31 Å². The zero-order valence-electron chi connectivity index (χ0n) is 11.3. The number of nitrogens with zero attached hydrogens (tertiary/aromatic N) is 1. The first-order chi connectivity index (χ1) is 8.52. The number of benzene rings is 1. The first-order valence-electron chi connectivity index (χ1n) is 6.28. The molecule has 4 nitrogen and oxygen atoms in total. The summed E-state index contributed by atoms with van der Waals surface area (Å²) in [5, 5.41) is 3.26. The molecule has 0 aliphatic carbocycles. The van der Waals surface area contributed by atoms with Crippen molar-refractivity contribution in [3.05, 3.63) is 35.4 Å². The molecule has 1 unspecified atom stereocenters. The Morgan fingerprint density at radius 1 is 1.32 bits per heavy atom. The van der Waals surface area contributed by atoms with Crippen LogP contribution in [-0.4, -0.2) is 38.6 Å². The fraction of sp³-hybridized carbons (Fsp3) is 0.538. The molecular weight excluding hydrogens is 284 g/mol. The molecule has 0 aromatic heterocycles. The van der Waals surface area contributed by atoms with E-state index in [0.29, 0.717) is 13.1 Å². The number of halogens is 1. The number of sulfonamides is 1. The van der Waals surface area contributed by atoms with Gasteiger partial charge in [0.15, 0.2) is 0 Å². The van der Waals surface area contributed by atoms with E-state index in [9.17, 15) is 8.42 Å². The molecule has 1 N–H and O–H groups in total. The summed E-state index contributed by atoms with van der Waals surface area (Å²) in [5.41, 5.74) is 2.33. The molecule has 108 valence electrons. The van der Waals surface area contributed by atoms with E-state index in [1.54, 1.807) is 4.31 Å². The van der Waals surface area contributed by atoms with Crippen LogP contribution >= 0.6 is 12.4 Å². The molecule has 1 heterocycles. The maximum atomic E-state index is 11.8. The highest BCUT2D eigenvalue weighted by molar-refractivity contribution is 7.88. The highest BCUT2D eigenvalue weighted by Gasteiger charge is 2.30. The van der Waals surface area contributed by atoms with Gasteiger partial charge in [0.25, 0.3) is 0 Å². The van der Waals surface area contributed by atoms with Crippen LogP contribution in [0.2, 0.25) is 0 Å². The number of rotatable bonds is 3. The van der Waals surface area contributed by atoms with Crippen LogP contribution in [0.3, 0.4) is 0 Å². The van der Waals surface area contributed by atoms with E-state index in [1.807, 2.05) is 12.1 Å². The maximum Gasteiger partial charge on any atom is 0.211 e. The molecule has 0 spiro atoms. The van der Waals surface area contributed by atoms with E-state index in [4.69, 9.17) is 0 Å². The summed E-state index contributed by atoms with van der Waals surface area (Å²) in [5.74, 6) is 0. The Morgan fingerprint density at radius 2 is 1.95 bits per heavy atom. The van der Waals surface area contributed by atoms with Crippen molar-refractivity contribution in [2.24, 2.45) is 0 Å². The Bertz CT molecular complexity index is 502. The van der Waals surface area contributed by atoms with Gasteiger partial charge in [-0.15, -0.1) is 12.4 Å². The zero-order chi connectivity index (χ0) is 13.2. The number of aryl methyl sites for hydroxylation is 1. The molecule has 0 amide bonds. The molecule has 1 aromatic carbocycles. The predicted molar refractivity (Wildman–Crippen MR) is 80.2 cm³/mol. The topological polar surface area (TPSA) is 49.4 Å². The maximum absolute atomic E-state index is 11.8. The minimum atomic E-state index is -3.15. The Morgan fingerprint density at radius 3 is 2.47 bits per heavy atom. The lowest BCUT2D eigenvalue weighted by Crippen LogP contribution is -2.48. The van der Waals surface area contributed by atoms with Gasteiger partial charge in [0.1, 0.15) is 0 Å². The first-order valence-corrected chi connectivity index (χ1v) is 8.13. The van der Waals surface area contributed by atoms with E-state index >= 15 is 0 Å². The van der Waals surface area contributed by atoms with Gasteiger partial charge in [-0.05, 0) is 17.5 Å². The third-order valence-corrected chi connectivity index (χ3v) is 4.68. The summed E-state index contributed by atoms with van der Waals surface area (Å²) in [6, 6.07) is 8.14. The second-order valence-electron chi connectivity index (χ2n) is 4.69. The molecule has 1 saturated heterocycles. The van der Waals surface area contributed by atoms with Crippen molar-refractivity contribution in [2.45, 2.75) is 19.4 Å². The second-order valence-corrected chi connectivity index (χ2v) is 6.62. The summed E-state index contributed by atoms with van der Waals surface area (Å²) in [7, 11) is -3.15. The zero-order valence-corrected chi connectivity index (χ0v) is 12.9. The van der Waals surface area contributed by atoms with Gasteiger partial charge in [0.05, 0.1) is 12.3 Å². The quantitative estimate of drug-likeness (QED) is 0.922. The first kappa shape index (κ1) is 16.4. The van der Waals surface area contributed by atoms with Gasteiger partial charge >= 0.3 is 0 Å². The lowest BCUT2D eigenvalue weighted by Gasteiger charge is -2.34. The van der Waals surface area contributed by atoms with Gasteiger partial charge in [-0.3, -0.25) is 0 Å². The molecule has 19 heavy (non-hydrogen) atoms. The Balaban J connectivity index is 0.00000180. The summed E-state index contributed by atoms with van der Waals surface area (Å²) < 4.78 is 25.2. The number of hydrogen-bond donors (Lipinski definition) is 1. The standard InChI is InChI=1S/C13H20N2O2S.ClH/c1-3-11-4-6-12(7-5-11)13-10-14-8-9-15(13)18(2,16)17;/h4-7,13-14H,3,8-10H2,1-2H3;1H. The lowest BCUT2D eigenvalue weighted by molar-refractivity contribution is 0.273. The van der Waals surface area contributed by atoms with Gasteiger partial charge in [0.2, 0.25) is 10.0 Å². The summed E-state index contributed by atoms with van der Waals surface area (Å²) >= 11 is 0. The van der Waals surface area contributed by atoms with Crippen molar-refractivity contribution in [3.63, 3.8) is 0 Å². The number of hydrogen-bond acceptors (Lipinski definition) is 3. The smallest absolute Gasteiger partial charge is 0.211 e.